The predicted molar refractivity (Wildman–Crippen MR) is 110 cm³/mol. The summed E-state index contributed by atoms with van der Waals surface area (Å²) in [7, 11) is 0. The van der Waals surface area contributed by atoms with Crippen LogP contribution >= 0.6 is 0 Å². The van der Waals surface area contributed by atoms with Crippen LogP contribution in [0.2, 0.25) is 0 Å². The minimum absolute atomic E-state index is 0.106. The van der Waals surface area contributed by atoms with Gasteiger partial charge in [-0.15, -0.1) is 0 Å². The van der Waals surface area contributed by atoms with Crippen molar-refractivity contribution < 1.29 is 13.5 Å². The summed E-state index contributed by atoms with van der Waals surface area (Å²) in [5.41, 5.74) is 5.10. The average Bonchev–Trinajstić information content (AvgIpc) is 3.41. The number of ether oxygens (including phenoxy) is 1. The molecule has 0 aliphatic heterocycles. The summed E-state index contributed by atoms with van der Waals surface area (Å²) in [4.78, 5) is 0. The Morgan fingerprint density at radius 2 is 2.06 bits per heavy atom. The molecule has 1 unspecified atom stereocenters. The number of nitrogens with zero attached hydrogens (tertiary/aromatic N) is 5. The molecule has 0 N–H and O–H groups in total. The van der Waals surface area contributed by atoms with Gasteiger partial charge in [0.05, 0.1) is 35.7 Å². The third kappa shape index (κ3) is 3.42. The Balaban J connectivity index is 1.51. The molecule has 0 amide bonds. The van der Waals surface area contributed by atoms with Gasteiger partial charge in [0.15, 0.2) is 0 Å². The van der Waals surface area contributed by atoms with Crippen molar-refractivity contribution in [1.29, 1.82) is 5.26 Å². The SMILES string of the molecule is Cc1cc2cnn(-c3cnn(C(F)F)c3)c2cc1OC1CCCc2cc(C#N)ccc21. The lowest BCUT2D eigenvalue weighted by Gasteiger charge is -2.27. The molecule has 1 atom stereocenters. The number of alkyl halides is 2. The summed E-state index contributed by atoms with van der Waals surface area (Å²) in [5, 5.41) is 18.1. The van der Waals surface area contributed by atoms with Crippen LogP contribution in [0.15, 0.2) is 48.9 Å². The lowest BCUT2D eigenvalue weighted by atomic mass is 9.88. The van der Waals surface area contributed by atoms with Crippen molar-refractivity contribution >= 4 is 10.9 Å². The lowest BCUT2D eigenvalue weighted by molar-refractivity contribution is 0.0566. The normalized spacial score (nSPS) is 15.8. The third-order valence-corrected chi connectivity index (χ3v) is 5.70. The molecule has 0 radical (unpaired) electrons. The highest BCUT2D eigenvalue weighted by Gasteiger charge is 2.23. The smallest absolute Gasteiger partial charge is 0.333 e. The molecular weight excluding hydrogens is 400 g/mol. The van der Waals surface area contributed by atoms with Gasteiger partial charge in [0, 0.05) is 11.5 Å². The van der Waals surface area contributed by atoms with E-state index in [1.165, 1.54) is 12.4 Å². The van der Waals surface area contributed by atoms with Gasteiger partial charge < -0.3 is 4.74 Å². The largest absolute Gasteiger partial charge is 0.485 e. The fraction of sp³-hybridized carbons (Fsp3) is 0.261. The van der Waals surface area contributed by atoms with Crippen molar-refractivity contribution in [3.05, 3.63) is 71.2 Å². The maximum absolute atomic E-state index is 12.9. The monoisotopic (exact) mass is 419 g/mol. The van der Waals surface area contributed by atoms with Gasteiger partial charge in [-0.05, 0) is 61.1 Å². The highest BCUT2D eigenvalue weighted by atomic mass is 19.3. The molecule has 0 spiro atoms. The first kappa shape index (κ1) is 19.2. The molecule has 1 aliphatic rings. The molecule has 0 saturated carbocycles. The summed E-state index contributed by atoms with van der Waals surface area (Å²) >= 11 is 0. The number of fused-ring (bicyclic) bond motifs is 2. The topological polar surface area (TPSA) is 68.7 Å². The molecule has 0 fully saturated rings. The quantitative estimate of drug-likeness (QED) is 0.453. The number of aryl methyl sites for hydroxylation is 2. The number of halogens is 2. The van der Waals surface area contributed by atoms with Gasteiger partial charge in [-0.3, -0.25) is 0 Å². The van der Waals surface area contributed by atoms with Crippen LogP contribution in [0.3, 0.4) is 0 Å². The number of nitriles is 1. The van der Waals surface area contributed by atoms with Crippen molar-refractivity contribution in [3.8, 4) is 17.5 Å². The maximum Gasteiger partial charge on any atom is 0.333 e. The summed E-state index contributed by atoms with van der Waals surface area (Å²) < 4.78 is 34.4. The van der Waals surface area contributed by atoms with Crippen molar-refractivity contribution in [2.45, 2.75) is 38.8 Å². The lowest BCUT2D eigenvalue weighted by Crippen LogP contribution is -2.16. The Morgan fingerprint density at radius 1 is 1.19 bits per heavy atom. The zero-order valence-electron chi connectivity index (χ0n) is 16.8. The number of benzene rings is 2. The van der Waals surface area contributed by atoms with Gasteiger partial charge in [0.25, 0.3) is 0 Å². The van der Waals surface area contributed by atoms with E-state index in [0.717, 1.165) is 52.6 Å². The standard InChI is InChI=1S/C23H19F2N5O/c1-14-7-17-11-28-30(18-12-27-29(13-18)23(24)25)20(17)9-22(14)31-21-4-2-3-16-8-15(10-26)5-6-19(16)21/h5-9,11-13,21,23H,2-4H2,1H3. The van der Waals surface area contributed by atoms with E-state index in [1.807, 2.05) is 37.3 Å². The first-order valence-corrected chi connectivity index (χ1v) is 10.0. The van der Waals surface area contributed by atoms with Gasteiger partial charge in [0.2, 0.25) is 0 Å². The first-order valence-electron chi connectivity index (χ1n) is 10.0. The van der Waals surface area contributed by atoms with Gasteiger partial charge in [-0.25, -0.2) is 9.36 Å². The Morgan fingerprint density at radius 3 is 2.84 bits per heavy atom. The molecule has 2 aromatic heterocycles. The van der Waals surface area contributed by atoms with E-state index in [1.54, 1.807) is 10.9 Å². The molecule has 1 aliphatic carbocycles. The zero-order valence-corrected chi connectivity index (χ0v) is 16.8. The molecule has 6 nitrogen and oxygen atoms in total. The van der Waals surface area contributed by atoms with Crippen LogP contribution < -0.4 is 4.74 Å². The van der Waals surface area contributed by atoms with E-state index in [2.05, 4.69) is 16.3 Å². The van der Waals surface area contributed by atoms with Gasteiger partial charge in [-0.2, -0.15) is 24.2 Å². The van der Waals surface area contributed by atoms with Crippen molar-refractivity contribution in [3.63, 3.8) is 0 Å². The Labute approximate surface area is 177 Å². The molecule has 31 heavy (non-hydrogen) atoms. The van der Waals surface area contributed by atoms with E-state index >= 15 is 0 Å². The van der Waals surface area contributed by atoms with E-state index in [-0.39, 0.29) is 6.10 Å². The second-order valence-electron chi connectivity index (χ2n) is 7.71. The Kier molecular flexibility index (Phi) is 4.66. The van der Waals surface area contributed by atoms with Gasteiger partial charge in [-0.1, -0.05) is 6.07 Å². The molecular formula is C23H19F2N5O. The average molecular weight is 419 g/mol. The van der Waals surface area contributed by atoms with Crippen LogP contribution in [0.1, 0.15) is 47.7 Å². The number of aromatic nitrogens is 4. The molecule has 156 valence electrons. The maximum atomic E-state index is 12.9. The van der Waals surface area contributed by atoms with E-state index in [4.69, 9.17) is 4.74 Å². The number of rotatable bonds is 4. The van der Waals surface area contributed by atoms with Crippen molar-refractivity contribution in [2.75, 3.05) is 0 Å². The van der Waals surface area contributed by atoms with Crippen LogP contribution in [0.5, 0.6) is 5.75 Å². The number of hydrogen-bond acceptors (Lipinski definition) is 4. The van der Waals surface area contributed by atoms with Gasteiger partial charge in [0.1, 0.15) is 17.5 Å². The molecule has 0 saturated heterocycles. The predicted octanol–water partition coefficient (Wildman–Crippen LogP) is 5.25. The van der Waals surface area contributed by atoms with Crippen LogP contribution in [-0.2, 0) is 6.42 Å². The summed E-state index contributed by atoms with van der Waals surface area (Å²) in [5.74, 6) is 0.720. The summed E-state index contributed by atoms with van der Waals surface area (Å²) in [6, 6.07) is 11.8. The molecule has 0 bridgehead atoms. The van der Waals surface area contributed by atoms with Crippen molar-refractivity contribution in [2.24, 2.45) is 0 Å². The van der Waals surface area contributed by atoms with Gasteiger partial charge >= 0.3 is 6.55 Å². The Bertz CT molecular complexity index is 1320. The van der Waals surface area contributed by atoms with Crippen LogP contribution in [-0.4, -0.2) is 19.6 Å². The summed E-state index contributed by atoms with van der Waals surface area (Å²) in [6.45, 7) is -0.728. The fourth-order valence-electron chi connectivity index (χ4n) is 4.16. The fourth-order valence-corrected chi connectivity index (χ4v) is 4.16. The number of hydrogen-bond donors (Lipinski definition) is 0. The van der Waals surface area contributed by atoms with Crippen molar-refractivity contribution in [1.82, 2.24) is 19.6 Å². The molecule has 4 aromatic rings. The molecule has 2 aromatic carbocycles. The first-order chi connectivity index (χ1) is 15.0. The summed E-state index contributed by atoms with van der Waals surface area (Å²) in [6.07, 6.45) is 7.03. The van der Waals surface area contributed by atoms with E-state index < -0.39 is 6.55 Å². The third-order valence-electron chi connectivity index (χ3n) is 5.70. The highest BCUT2D eigenvalue weighted by molar-refractivity contribution is 5.83. The zero-order chi connectivity index (χ0) is 21.5. The minimum Gasteiger partial charge on any atom is -0.485 e. The second-order valence-corrected chi connectivity index (χ2v) is 7.71. The van der Waals surface area contributed by atoms with Crippen LogP contribution in [0.25, 0.3) is 16.6 Å². The minimum atomic E-state index is -2.70. The van der Waals surface area contributed by atoms with E-state index in [9.17, 15) is 14.0 Å². The highest BCUT2D eigenvalue weighted by Crippen LogP contribution is 2.36. The van der Waals surface area contributed by atoms with E-state index in [0.29, 0.717) is 15.9 Å². The molecule has 5 rings (SSSR count). The second kappa shape index (κ2) is 7.51. The molecule has 2 heterocycles. The van der Waals surface area contributed by atoms with Crippen LogP contribution in [0.4, 0.5) is 8.78 Å². The van der Waals surface area contributed by atoms with Crippen LogP contribution in [0, 0.1) is 18.3 Å². The Hall–Kier alpha value is -3.73. The molecule has 8 heteroatoms.